The van der Waals surface area contributed by atoms with E-state index >= 15 is 0 Å². The van der Waals surface area contributed by atoms with E-state index in [0.29, 0.717) is 18.1 Å². The number of halogens is 1. The molecule has 1 amide bonds. The first-order valence-corrected chi connectivity index (χ1v) is 6.92. The third kappa shape index (κ3) is 4.51. The highest BCUT2D eigenvalue weighted by Crippen LogP contribution is 2.20. The lowest BCUT2D eigenvalue weighted by Crippen LogP contribution is -2.50. The molecule has 19 heavy (non-hydrogen) atoms. The minimum absolute atomic E-state index is 0.0185. The summed E-state index contributed by atoms with van der Waals surface area (Å²) in [6.45, 7) is 9.06. The van der Waals surface area contributed by atoms with Gasteiger partial charge in [-0.05, 0) is 30.0 Å². The first-order valence-electron chi connectivity index (χ1n) is 6.54. The van der Waals surface area contributed by atoms with Crippen molar-refractivity contribution in [2.24, 2.45) is 11.1 Å². The Morgan fingerprint density at radius 3 is 2.53 bits per heavy atom. The summed E-state index contributed by atoms with van der Waals surface area (Å²) in [5.41, 5.74) is 6.82. The molecule has 0 radical (unpaired) electrons. The summed E-state index contributed by atoms with van der Waals surface area (Å²) in [4.78, 5) is 14.1. The second-order valence-electron chi connectivity index (χ2n) is 5.83. The SMILES string of the molecule is CCN(Cc1cccc(Cl)c1)C(=O)[C@@H](N)C(C)(C)C. The molecule has 0 bridgehead atoms. The maximum atomic E-state index is 12.4. The van der Waals surface area contributed by atoms with E-state index in [1.807, 2.05) is 52.0 Å². The van der Waals surface area contributed by atoms with Crippen molar-refractivity contribution in [2.45, 2.75) is 40.3 Å². The van der Waals surface area contributed by atoms with Gasteiger partial charge in [-0.15, -0.1) is 0 Å². The molecule has 0 unspecified atom stereocenters. The first-order chi connectivity index (χ1) is 8.75. The van der Waals surface area contributed by atoms with Crippen LogP contribution in [0.2, 0.25) is 5.02 Å². The number of likely N-dealkylation sites (N-methyl/N-ethyl adjacent to an activating group) is 1. The van der Waals surface area contributed by atoms with Gasteiger partial charge in [0.2, 0.25) is 5.91 Å². The number of hydrogen-bond acceptors (Lipinski definition) is 2. The number of amides is 1. The third-order valence-electron chi connectivity index (χ3n) is 3.15. The molecule has 1 atom stereocenters. The van der Waals surface area contributed by atoms with Crippen molar-refractivity contribution in [3.8, 4) is 0 Å². The number of hydrogen-bond donors (Lipinski definition) is 1. The van der Waals surface area contributed by atoms with Crippen molar-refractivity contribution in [1.29, 1.82) is 0 Å². The lowest BCUT2D eigenvalue weighted by atomic mass is 9.86. The normalized spacial score (nSPS) is 13.2. The van der Waals surface area contributed by atoms with Crippen molar-refractivity contribution >= 4 is 17.5 Å². The second kappa shape index (κ2) is 6.40. The van der Waals surface area contributed by atoms with Crippen LogP contribution in [0.25, 0.3) is 0 Å². The maximum Gasteiger partial charge on any atom is 0.240 e. The quantitative estimate of drug-likeness (QED) is 0.922. The van der Waals surface area contributed by atoms with Gasteiger partial charge in [0.25, 0.3) is 0 Å². The van der Waals surface area contributed by atoms with Gasteiger partial charge in [0, 0.05) is 18.1 Å². The Morgan fingerprint density at radius 2 is 2.05 bits per heavy atom. The fourth-order valence-electron chi connectivity index (χ4n) is 1.77. The molecular weight excluding hydrogens is 260 g/mol. The average molecular weight is 283 g/mol. The molecule has 0 aliphatic heterocycles. The van der Waals surface area contributed by atoms with Crippen molar-refractivity contribution in [2.75, 3.05) is 6.54 Å². The van der Waals surface area contributed by atoms with Crippen molar-refractivity contribution in [1.82, 2.24) is 4.90 Å². The molecule has 0 spiro atoms. The van der Waals surface area contributed by atoms with Crippen LogP contribution in [0.3, 0.4) is 0 Å². The smallest absolute Gasteiger partial charge is 0.240 e. The molecular formula is C15H23ClN2O. The van der Waals surface area contributed by atoms with E-state index in [2.05, 4.69) is 0 Å². The number of benzene rings is 1. The van der Waals surface area contributed by atoms with Crippen LogP contribution in [0.5, 0.6) is 0 Å². The van der Waals surface area contributed by atoms with Crippen LogP contribution in [0.1, 0.15) is 33.3 Å². The van der Waals surface area contributed by atoms with Gasteiger partial charge in [0.15, 0.2) is 0 Å². The Hall–Kier alpha value is -1.06. The molecule has 1 aromatic carbocycles. The predicted molar refractivity (Wildman–Crippen MR) is 80.0 cm³/mol. The summed E-state index contributed by atoms with van der Waals surface area (Å²) >= 11 is 5.96. The fraction of sp³-hybridized carbons (Fsp3) is 0.533. The highest BCUT2D eigenvalue weighted by atomic mass is 35.5. The van der Waals surface area contributed by atoms with Gasteiger partial charge in [0.1, 0.15) is 0 Å². The molecule has 0 fully saturated rings. The first kappa shape index (κ1) is 16.0. The fourth-order valence-corrected chi connectivity index (χ4v) is 1.98. The van der Waals surface area contributed by atoms with Crippen molar-refractivity contribution in [3.05, 3.63) is 34.9 Å². The summed E-state index contributed by atoms with van der Waals surface area (Å²) in [6, 6.07) is 7.06. The summed E-state index contributed by atoms with van der Waals surface area (Å²) in [7, 11) is 0. The average Bonchev–Trinajstić information content (AvgIpc) is 2.33. The van der Waals surface area contributed by atoms with E-state index in [1.165, 1.54) is 0 Å². The molecule has 106 valence electrons. The number of rotatable bonds is 4. The Bertz CT molecular complexity index is 440. The summed E-state index contributed by atoms with van der Waals surface area (Å²) in [6.07, 6.45) is 0. The zero-order chi connectivity index (χ0) is 14.6. The van der Waals surface area contributed by atoms with Gasteiger partial charge >= 0.3 is 0 Å². The lowest BCUT2D eigenvalue weighted by Gasteiger charge is -2.31. The molecule has 3 nitrogen and oxygen atoms in total. The minimum atomic E-state index is -0.494. The molecule has 0 aliphatic rings. The van der Waals surface area contributed by atoms with Crippen LogP contribution in [0, 0.1) is 5.41 Å². The van der Waals surface area contributed by atoms with Crippen LogP contribution in [0.4, 0.5) is 0 Å². The standard InChI is InChI=1S/C15H23ClN2O/c1-5-18(14(19)13(17)15(2,3)4)10-11-7-6-8-12(16)9-11/h6-9,13H,5,10,17H2,1-4H3/t13-/m1/s1. The highest BCUT2D eigenvalue weighted by Gasteiger charge is 2.30. The predicted octanol–water partition coefficient (Wildman–Crippen LogP) is 3.06. The monoisotopic (exact) mass is 282 g/mol. The van der Waals surface area contributed by atoms with Crippen LogP contribution in [0.15, 0.2) is 24.3 Å². The van der Waals surface area contributed by atoms with Gasteiger partial charge in [-0.1, -0.05) is 44.5 Å². The Balaban J connectivity index is 2.81. The molecule has 1 aromatic rings. The van der Waals surface area contributed by atoms with Crippen LogP contribution < -0.4 is 5.73 Å². The Kier molecular flexibility index (Phi) is 5.39. The second-order valence-corrected chi connectivity index (χ2v) is 6.26. The number of carbonyl (C=O) groups excluding carboxylic acids is 1. The van der Waals surface area contributed by atoms with Crippen molar-refractivity contribution in [3.63, 3.8) is 0 Å². The van der Waals surface area contributed by atoms with E-state index in [4.69, 9.17) is 17.3 Å². The Labute approximate surface area is 120 Å². The van der Waals surface area contributed by atoms with Gasteiger partial charge in [-0.25, -0.2) is 0 Å². The molecule has 0 heterocycles. The molecule has 0 saturated carbocycles. The van der Waals surface area contributed by atoms with Gasteiger partial charge in [-0.2, -0.15) is 0 Å². The summed E-state index contributed by atoms with van der Waals surface area (Å²) in [5.74, 6) is -0.0185. The molecule has 4 heteroatoms. The van der Waals surface area contributed by atoms with E-state index in [-0.39, 0.29) is 11.3 Å². The van der Waals surface area contributed by atoms with Gasteiger partial charge in [0.05, 0.1) is 6.04 Å². The van der Waals surface area contributed by atoms with Crippen LogP contribution >= 0.6 is 11.6 Å². The number of carbonyl (C=O) groups is 1. The summed E-state index contributed by atoms with van der Waals surface area (Å²) < 4.78 is 0. The summed E-state index contributed by atoms with van der Waals surface area (Å²) in [5, 5.41) is 0.682. The highest BCUT2D eigenvalue weighted by molar-refractivity contribution is 6.30. The molecule has 2 N–H and O–H groups in total. The van der Waals surface area contributed by atoms with E-state index in [0.717, 1.165) is 5.56 Å². The zero-order valence-corrected chi connectivity index (χ0v) is 12.9. The lowest BCUT2D eigenvalue weighted by molar-refractivity contribution is -0.135. The van der Waals surface area contributed by atoms with E-state index in [9.17, 15) is 4.79 Å². The van der Waals surface area contributed by atoms with E-state index in [1.54, 1.807) is 4.90 Å². The maximum absolute atomic E-state index is 12.4. The zero-order valence-electron chi connectivity index (χ0n) is 12.1. The van der Waals surface area contributed by atoms with Gasteiger partial charge < -0.3 is 10.6 Å². The largest absolute Gasteiger partial charge is 0.337 e. The van der Waals surface area contributed by atoms with Crippen molar-refractivity contribution < 1.29 is 4.79 Å². The molecule has 0 aliphatic carbocycles. The number of nitrogens with zero attached hydrogens (tertiary/aromatic N) is 1. The Morgan fingerprint density at radius 1 is 1.42 bits per heavy atom. The number of nitrogens with two attached hydrogens (primary N) is 1. The van der Waals surface area contributed by atoms with E-state index < -0.39 is 6.04 Å². The third-order valence-corrected chi connectivity index (χ3v) is 3.39. The van der Waals surface area contributed by atoms with Gasteiger partial charge in [-0.3, -0.25) is 4.79 Å². The molecule has 0 aromatic heterocycles. The minimum Gasteiger partial charge on any atom is -0.337 e. The molecule has 0 saturated heterocycles. The molecule has 1 rings (SSSR count). The topological polar surface area (TPSA) is 46.3 Å². The van der Waals surface area contributed by atoms with Crippen LogP contribution in [-0.4, -0.2) is 23.4 Å². The van der Waals surface area contributed by atoms with Crippen LogP contribution in [-0.2, 0) is 11.3 Å².